The van der Waals surface area contributed by atoms with E-state index in [1.807, 2.05) is 42.5 Å². The van der Waals surface area contributed by atoms with Crippen LogP contribution in [0.2, 0.25) is 5.02 Å². The van der Waals surface area contributed by atoms with Crippen molar-refractivity contribution in [2.24, 2.45) is 0 Å². The second-order valence-corrected chi connectivity index (χ2v) is 6.74. The van der Waals surface area contributed by atoms with E-state index in [1.54, 1.807) is 18.2 Å². The van der Waals surface area contributed by atoms with E-state index < -0.39 is 30.4 Å². The summed E-state index contributed by atoms with van der Waals surface area (Å²) in [5.74, 6) is -1.51. The summed E-state index contributed by atoms with van der Waals surface area (Å²) in [7, 11) is 0. The number of carbonyl (C=O) groups is 3. The van der Waals surface area contributed by atoms with Gasteiger partial charge in [0.1, 0.15) is 6.04 Å². The summed E-state index contributed by atoms with van der Waals surface area (Å²) >= 11 is 5.82. The van der Waals surface area contributed by atoms with Crippen LogP contribution in [0.15, 0.2) is 60.7 Å². The molecule has 0 bridgehead atoms. The lowest BCUT2D eigenvalue weighted by Gasteiger charge is -2.12. The van der Waals surface area contributed by atoms with E-state index in [1.165, 1.54) is 13.0 Å². The van der Waals surface area contributed by atoms with Gasteiger partial charge in [0.05, 0.1) is 0 Å². The number of esters is 1. The molecule has 0 aliphatic heterocycles. The number of ether oxygens (including phenoxy) is 1. The van der Waals surface area contributed by atoms with Gasteiger partial charge in [0.2, 0.25) is 5.91 Å². The van der Waals surface area contributed by atoms with Gasteiger partial charge in [-0.25, -0.2) is 4.79 Å². The zero-order valence-electron chi connectivity index (χ0n) is 16.1. The minimum Gasteiger partial charge on any atom is -0.454 e. The highest BCUT2D eigenvalue weighted by molar-refractivity contribution is 6.30. The molecule has 2 amide bonds. The van der Waals surface area contributed by atoms with Crippen LogP contribution in [0.5, 0.6) is 0 Å². The summed E-state index contributed by atoms with van der Waals surface area (Å²) in [4.78, 5) is 35.6. The molecule has 0 spiro atoms. The average molecular weight is 415 g/mol. The van der Waals surface area contributed by atoms with Crippen LogP contribution in [0.3, 0.4) is 0 Å². The van der Waals surface area contributed by atoms with Gasteiger partial charge in [0.15, 0.2) is 6.61 Å². The van der Waals surface area contributed by atoms with Gasteiger partial charge in [0, 0.05) is 17.6 Å². The van der Waals surface area contributed by atoms with Crippen LogP contribution in [0.1, 0.15) is 18.1 Å². The monoisotopic (exact) mass is 414 g/mol. The van der Waals surface area contributed by atoms with Crippen molar-refractivity contribution < 1.29 is 19.1 Å². The van der Waals surface area contributed by atoms with E-state index in [4.69, 9.17) is 16.3 Å². The standard InChI is InChI=1S/C22H23ClN2O4/c1-16(25-20(26)12-9-17-5-3-2-4-6-17)22(28)29-15-21(27)24-14-13-18-7-10-19(23)11-8-18/h2-12,16H,13-15H2,1H3,(H,24,27)(H,25,26)/b12-9+/t16-/m0/s1. The molecule has 0 aromatic heterocycles. The zero-order valence-corrected chi connectivity index (χ0v) is 16.8. The molecule has 1 atom stereocenters. The number of nitrogens with one attached hydrogen (secondary N) is 2. The Balaban J connectivity index is 1.65. The first-order chi connectivity index (χ1) is 13.9. The van der Waals surface area contributed by atoms with Gasteiger partial charge in [-0.15, -0.1) is 0 Å². The number of rotatable bonds is 9. The quantitative estimate of drug-likeness (QED) is 0.488. The number of halogens is 1. The van der Waals surface area contributed by atoms with Crippen molar-refractivity contribution in [3.63, 3.8) is 0 Å². The predicted octanol–water partition coefficient (Wildman–Crippen LogP) is 2.76. The average Bonchev–Trinajstić information content (AvgIpc) is 2.72. The van der Waals surface area contributed by atoms with Gasteiger partial charge in [-0.1, -0.05) is 54.1 Å². The number of benzene rings is 2. The van der Waals surface area contributed by atoms with E-state index in [9.17, 15) is 14.4 Å². The topological polar surface area (TPSA) is 84.5 Å². The van der Waals surface area contributed by atoms with Gasteiger partial charge >= 0.3 is 5.97 Å². The molecule has 0 fully saturated rings. The molecule has 2 N–H and O–H groups in total. The first kappa shape index (κ1) is 22.2. The van der Waals surface area contributed by atoms with Crippen LogP contribution in [0.4, 0.5) is 0 Å². The minimum absolute atomic E-state index is 0.403. The summed E-state index contributed by atoms with van der Waals surface area (Å²) in [5.41, 5.74) is 1.90. The van der Waals surface area contributed by atoms with Gasteiger partial charge in [-0.2, -0.15) is 0 Å². The lowest BCUT2D eigenvalue weighted by atomic mass is 10.1. The van der Waals surface area contributed by atoms with Gasteiger partial charge in [-0.3, -0.25) is 9.59 Å². The molecule has 0 saturated heterocycles. The van der Waals surface area contributed by atoms with E-state index >= 15 is 0 Å². The maximum absolute atomic E-state index is 11.9. The highest BCUT2D eigenvalue weighted by Gasteiger charge is 2.17. The van der Waals surface area contributed by atoms with Crippen LogP contribution < -0.4 is 10.6 Å². The Kier molecular flexibility index (Phi) is 8.92. The number of carbonyl (C=O) groups excluding carboxylic acids is 3. The van der Waals surface area contributed by atoms with Crippen LogP contribution in [0, 0.1) is 0 Å². The Labute approximate surface area is 174 Å². The van der Waals surface area contributed by atoms with Crippen LogP contribution in [-0.4, -0.2) is 37.0 Å². The highest BCUT2D eigenvalue weighted by atomic mass is 35.5. The molecule has 2 rings (SSSR count). The first-order valence-electron chi connectivity index (χ1n) is 9.15. The molecule has 6 nitrogen and oxygen atoms in total. The smallest absolute Gasteiger partial charge is 0.328 e. The second-order valence-electron chi connectivity index (χ2n) is 6.31. The normalized spacial score (nSPS) is 11.7. The van der Waals surface area contributed by atoms with Crippen molar-refractivity contribution in [3.8, 4) is 0 Å². The highest BCUT2D eigenvalue weighted by Crippen LogP contribution is 2.09. The Bertz CT molecular complexity index is 851. The third kappa shape index (κ3) is 8.62. The van der Waals surface area contributed by atoms with E-state index in [0.717, 1.165) is 11.1 Å². The minimum atomic E-state index is -0.871. The van der Waals surface area contributed by atoms with Crippen molar-refractivity contribution >= 4 is 35.5 Å². The summed E-state index contributed by atoms with van der Waals surface area (Å²) in [6.07, 6.45) is 3.61. The fraction of sp³-hybridized carbons (Fsp3) is 0.227. The summed E-state index contributed by atoms with van der Waals surface area (Å²) in [5, 5.41) is 5.83. The number of hydrogen-bond acceptors (Lipinski definition) is 4. The molecule has 0 aliphatic carbocycles. The Hall–Kier alpha value is -3.12. The molecule has 0 saturated carbocycles. The fourth-order valence-corrected chi connectivity index (χ4v) is 2.49. The maximum atomic E-state index is 11.9. The van der Waals surface area contributed by atoms with Crippen molar-refractivity contribution in [3.05, 3.63) is 76.8 Å². The molecule has 0 aliphatic rings. The molecule has 0 unspecified atom stereocenters. The number of amides is 2. The van der Waals surface area contributed by atoms with E-state index in [0.29, 0.717) is 18.0 Å². The van der Waals surface area contributed by atoms with Crippen molar-refractivity contribution in [1.29, 1.82) is 0 Å². The fourth-order valence-electron chi connectivity index (χ4n) is 2.37. The van der Waals surface area contributed by atoms with Crippen LogP contribution >= 0.6 is 11.6 Å². The molecule has 0 radical (unpaired) electrons. The maximum Gasteiger partial charge on any atom is 0.328 e. The predicted molar refractivity (Wildman–Crippen MR) is 112 cm³/mol. The van der Waals surface area contributed by atoms with Gasteiger partial charge in [-0.05, 0) is 42.7 Å². The van der Waals surface area contributed by atoms with Crippen molar-refractivity contribution in [1.82, 2.24) is 10.6 Å². The Morgan fingerprint density at radius 1 is 1.07 bits per heavy atom. The van der Waals surface area contributed by atoms with Crippen molar-refractivity contribution in [2.75, 3.05) is 13.2 Å². The second kappa shape index (κ2) is 11.7. The lowest BCUT2D eigenvalue weighted by molar-refractivity contribution is -0.150. The summed E-state index contributed by atoms with van der Waals surface area (Å²) in [6, 6.07) is 15.8. The molecule has 0 heterocycles. The SMILES string of the molecule is C[C@H](NC(=O)/C=C/c1ccccc1)C(=O)OCC(=O)NCCc1ccc(Cl)cc1. The first-order valence-corrected chi connectivity index (χ1v) is 9.53. The summed E-state index contributed by atoms with van der Waals surface area (Å²) < 4.78 is 4.94. The molecular formula is C22H23ClN2O4. The molecule has 29 heavy (non-hydrogen) atoms. The van der Waals surface area contributed by atoms with Crippen LogP contribution in [-0.2, 0) is 25.5 Å². The molecule has 7 heteroatoms. The summed E-state index contributed by atoms with van der Waals surface area (Å²) in [6.45, 7) is 1.50. The molecular weight excluding hydrogens is 392 g/mol. The molecule has 2 aromatic rings. The zero-order chi connectivity index (χ0) is 21.1. The lowest BCUT2D eigenvalue weighted by Crippen LogP contribution is -2.40. The number of hydrogen-bond donors (Lipinski definition) is 2. The van der Waals surface area contributed by atoms with Gasteiger partial charge < -0.3 is 15.4 Å². The van der Waals surface area contributed by atoms with E-state index in [-0.39, 0.29) is 0 Å². The Morgan fingerprint density at radius 2 is 1.76 bits per heavy atom. The molecule has 2 aromatic carbocycles. The van der Waals surface area contributed by atoms with Crippen LogP contribution in [0.25, 0.3) is 6.08 Å². The third-order valence-corrected chi connectivity index (χ3v) is 4.19. The van der Waals surface area contributed by atoms with Gasteiger partial charge in [0.25, 0.3) is 5.91 Å². The Morgan fingerprint density at radius 3 is 2.45 bits per heavy atom. The third-order valence-electron chi connectivity index (χ3n) is 3.93. The largest absolute Gasteiger partial charge is 0.454 e. The molecule has 152 valence electrons. The van der Waals surface area contributed by atoms with E-state index in [2.05, 4.69) is 10.6 Å². The van der Waals surface area contributed by atoms with Crippen molar-refractivity contribution in [2.45, 2.75) is 19.4 Å².